The second kappa shape index (κ2) is 3.00. The van der Waals surface area contributed by atoms with Gasteiger partial charge in [0, 0.05) is 0 Å². The molecule has 1 aliphatic heterocycles. The average Bonchev–Trinajstić information content (AvgIpc) is 2.51. The molecule has 0 radical (unpaired) electrons. The van der Waals surface area contributed by atoms with Crippen LogP contribution in [0.2, 0.25) is 5.02 Å². The summed E-state index contributed by atoms with van der Waals surface area (Å²) in [7, 11) is 0. The lowest BCUT2D eigenvalue weighted by Gasteiger charge is -2.17. The number of rotatable bonds is 1. The third-order valence-electron chi connectivity index (χ3n) is 2.52. The smallest absolute Gasteiger partial charge is 0.330 e. The number of nitrogens with one attached hydrogen (secondary N) is 2. The zero-order valence-electron chi connectivity index (χ0n) is 8.04. The van der Waals surface area contributed by atoms with E-state index in [9.17, 15) is 4.79 Å². The number of hydrogen-bond donors (Lipinski definition) is 3. The second-order valence-corrected chi connectivity index (χ2v) is 4.17. The van der Waals surface area contributed by atoms with Crippen LogP contribution in [0, 0.1) is 5.41 Å². The normalized spacial score (nSPS) is 23.3. The monoisotopic (exact) mass is 227 g/mol. The van der Waals surface area contributed by atoms with Crippen molar-refractivity contribution in [3.8, 4) is 0 Å². The molecule has 0 aliphatic carbocycles. The Morgan fingerprint density at radius 2 is 2.40 bits per heavy atom. The fourth-order valence-electron chi connectivity index (χ4n) is 1.60. The number of aromatic nitrogens is 1. The van der Waals surface area contributed by atoms with E-state index >= 15 is 0 Å². The summed E-state index contributed by atoms with van der Waals surface area (Å²) in [6.07, 6.45) is 0. The predicted octanol–water partition coefficient (Wildman–Crippen LogP) is 0.890. The molecule has 1 aliphatic rings. The summed E-state index contributed by atoms with van der Waals surface area (Å²) in [6.45, 7) is 1.78. The van der Waals surface area contributed by atoms with Crippen LogP contribution in [-0.2, 0) is 11.3 Å². The molecule has 3 N–H and O–H groups in total. The molecular formula is C9H10ClN3O2. The van der Waals surface area contributed by atoms with Gasteiger partial charge in [-0.3, -0.25) is 5.41 Å². The minimum absolute atomic E-state index is 0.131. The summed E-state index contributed by atoms with van der Waals surface area (Å²) in [5.74, 6) is -0.337. The number of anilines is 1. The Balaban J connectivity index is 2.53. The van der Waals surface area contributed by atoms with Gasteiger partial charge in [-0.2, -0.15) is 0 Å². The fraction of sp³-hybridized carbons (Fsp3) is 0.333. The van der Waals surface area contributed by atoms with Crippen molar-refractivity contribution in [2.75, 3.05) is 5.32 Å². The van der Waals surface area contributed by atoms with Gasteiger partial charge in [0.1, 0.15) is 11.3 Å². The molecule has 0 aromatic carbocycles. The fourth-order valence-corrected chi connectivity index (χ4v) is 1.77. The maximum atomic E-state index is 11.0. The van der Waals surface area contributed by atoms with Crippen LogP contribution >= 0.6 is 11.6 Å². The quantitative estimate of drug-likeness (QED) is 0.667. The lowest BCUT2D eigenvalue weighted by Crippen LogP contribution is -2.42. The number of nitrogens with zero attached hydrogens (tertiary/aromatic N) is 1. The number of fused-ring (bicyclic) bond motifs is 1. The maximum absolute atomic E-state index is 11.0. The molecule has 80 valence electrons. The molecule has 0 amide bonds. The minimum Gasteiger partial charge on any atom is -0.479 e. The first-order chi connectivity index (χ1) is 6.94. The van der Waals surface area contributed by atoms with Crippen LogP contribution in [0.3, 0.4) is 0 Å². The molecule has 6 heteroatoms. The zero-order valence-corrected chi connectivity index (χ0v) is 8.80. The van der Waals surface area contributed by atoms with Crippen LogP contribution in [0.15, 0.2) is 12.1 Å². The van der Waals surface area contributed by atoms with Crippen molar-refractivity contribution in [1.29, 1.82) is 5.41 Å². The molecule has 1 atom stereocenters. The zero-order chi connectivity index (χ0) is 11.2. The standard InChI is InChI=1S/C9H10ClN3O2/c1-9(8(14)15)4-13-6(12-9)3-2-5(10)7(13)11/h2-3,11-12H,4H2,1H3,(H,14,15). The van der Waals surface area contributed by atoms with E-state index in [0.717, 1.165) is 0 Å². The highest BCUT2D eigenvalue weighted by Gasteiger charge is 2.39. The first kappa shape index (κ1) is 10.0. The van der Waals surface area contributed by atoms with Crippen LogP contribution < -0.4 is 10.8 Å². The van der Waals surface area contributed by atoms with Gasteiger partial charge < -0.3 is 15.0 Å². The van der Waals surface area contributed by atoms with Crippen molar-refractivity contribution < 1.29 is 9.90 Å². The van der Waals surface area contributed by atoms with Gasteiger partial charge >= 0.3 is 5.97 Å². The molecule has 15 heavy (non-hydrogen) atoms. The van der Waals surface area contributed by atoms with Gasteiger partial charge in [-0.1, -0.05) is 11.6 Å². The van der Waals surface area contributed by atoms with Crippen molar-refractivity contribution in [2.24, 2.45) is 0 Å². The Morgan fingerprint density at radius 3 is 3.00 bits per heavy atom. The van der Waals surface area contributed by atoms with Crippen molar-refractivity contribution in [3.63, 3.8) is 0 Å². The third-order valence-corrected chi connectivity index (χ3v) is 2.83. The summed E-state index contributed by atoms with van der Waals surface area (Å²) in [6, 6.07) is 3.25. The molecule has 1 unspecified atom stereocenters. The van der Waals surface area contributed by atoms with Crippen molar-refractivity contribution in [1.82, 2.24) is 4.57 Å². The van der Waals surface area contributed by atoms with Crippen molar-refractivity contribution >= 4 is 23.4 Å². The first-order valence-electron chi connectivity index (χ1n) is 4.39. The number of carboxylic acid groups (broad SMARTS) is 1. The van der Waals surface area contributed by atoms with Gasteiger partial charge in [0.05, 0.1) is 11.6 Å². The summed E-state index contributed by atoms with van der Waals surface area (Å²) in [4.78, 5) is 11.0. The highest BCUT2D eigenvalue weighted by atomic mass is 35.5. The Hall–Kier alpha value is -1.49. The lowest BCUT2D eigenvalue weighted by atomic mass is 10.1. The molecule has 0 saturated carbocycles. The topological polar surface area (TPSA) is 78.1 Å². The molecule has 0 saturated heterocycles. The van der Waals surface area contributed by atoms with Gasteiger partial charge in [0.2, 0.25) is 0 Å². The molecule has 5 nitrogen and oxygen atoms in total. The van der Waals surface area contributed by atoms with Crippen LogP contribution in [0.1, 0.15) is 6.92 Å². The summed E-state index contributed by atoms with van der Waals surface area (Å²) >= 11 is 5.78. The van der Waals surface area contributed by atoms with E-state index in [1.165, 1.54) is 0 Å². The average molecular weight is 228 g/mol. The molecular weight excluding hydrogens is 218 g/mol. The summed E-state index contributed by atoms with van der Waals surface area (Å²) < 4.78 is 1.55. The summed E-state index contributed by atoms with van der Waals surface area (Å²) in [5.41, 5.74) is -0.931. The largest absolute Gasteiger partial charge is 0.479 e. The van der Waals surface area contributed by atoms with Crippen LogP contribution in [0.25, 0.3) is 0 Å². The van der Waals surface area contributed by atoms with E-state index in [2.05, 4.69) is 5.32 Å². The highest BCUT2D eigenvalue weighted by Crippen LogP contribution is 2.25. The highest BCUT2D eigenvalue weighted by molar-refractivity contribution is 6.30. The Morgan fingerprint density at radius 1 is 1.73 bits per heavy atom. The van der Waals surface area contributed by atoms with E-state index in [-0.39, 0.29) is 12.0 Å². The maximum Gasteiger partial charge on any atom is 0.330 e. The van der Waals surface area contributed by atoms with Gasteiger partial charge in [-0.05, 0) is 19.1 Å². The van der Waals surface area contributed by atoms with Gasteiger partial charge in [-0.15, -0.1) is 0 Å². The Labute approximate surface area is 90.8 Å². The molecule has 2 rings (SSSR count). The molecule has 0 fully saturated rings. The van der Waals surface area contributed by atoms with Crippen LogP contribution in [-0.4, -0.2) is 21.2 Å². The number of pyridine rings is 1. The number of carboxylic acids is 1. The van der Waals surface area contributed by atoms with Crippen molar-refractivity contribution in [2.45, 2.75) is 19.0 Å². The molecule has 2 heterocycles. The Bertz CT molecular complexity index is 497. The van der Waals surface area contributed by atoms with Crippen molar-refractivity contribution in [3.05, 3.63) is 22.6 Å². The van der Waals surface area contributed by atoms with E-state index < -0.39 is 11.5 Å². The minimum atomic E-state index is -1.06. The number of halogens is 1. The number of hydrogen-bond acceptors (Lipinski definition) is 3. The molecule has 1 aromatic heterocycles. The van der Waals surface area contributed by atoms with E-state index in [0.29, 0.717) is 10.8 Å². The molecule has 0 bridgehead atoms. The third kappa shape index (κ3) is 1.39. The van der Waals surface area contributed by atoms with Crippen LogP contribution in [0.4, 0.5) is 5.82 Å². The summed E-state index contributed by atoms with van der Waals surface area (Å²) in [5, 5.41) is 19.9. The van der Waals surface area contributed by atoms with Crippen LogP contribution in [0.5, 0.6) is 0 Å². The second-order valence-electron chi connectivity index (χ2n) is 3.76. The van der Waals surface area contributed by atoms with E-state index in [4.69, 9.17) is 22.1 Å². The first-order valence-corrected chi connectivity index (χ1v) is 4.77. The van der Waals surface area contributed by atoms with Gasteiger partial charge in [0.25, 0.3) is 0 Å². The van der Waals surface area contributed by atoms with Gasteiger partial charge in [-0.25, -0.2) is 4.79 Å². The number of carbonyl (C=O) groups is 1. The van der Waals surface area contributed by atoms with Gasteiger partial charge in [0.15, 0.2) is 5.54 Å². The number of aliphatic carboxylic acids is 1. The Kier molecular flexibility index (Phi) is 2.01. The molecule has 0 spiro atoms. The van der Waals surface area contributed by atoms with E-state index in [1.54, 1.807) is 23.6 Å². The molecule has 1 aromatic rings. The lowest BCUT2D eigenvalue weighted by molar-refractivity contribution is -0.141. The predicted molar refractivity (Wildman–Crippen MR) is 55.0 cm³/mol. The van der Waals surface area contributed by atoms with E-state index in [1.807, 2.05) is 0 Å². The SMILES string of the molecule is CC1(C(=O)O)Cn2c(ccc(Cl)c2=N)N1.